The van der Waals surface area contributed by atoms with Crippen LogP contribution in [-0.2, 0) is 9.59 Å². The number of rotatable bonds is 6. The van der Waals surface area contributed by atoms with Gasteiger partial charge in [-0.15, -0.1) is 0 Å². The van der Waals surface area contributed by atoms with Crippen LogP contribution in [0.3, 0.4) is 0 Å². The number of benzene rings is 1. The van der Waals surface area contributed by atoms with Crippen LogP contribution < -0.4 is 5.32 Å². The minimum atomic E-state index is -1.25. The van der Waals surface area contributed by atoms with Crippen LogP contribution in [0.5, 0.6) is 0 Å². The van der Waals surface area contributed by atoms with Crippen molar-refractivity contribution >= 4 is 23.5 Å². The van der Waals surface area contributed by atoms with Crippen LogP contribution in [0, 0.1) is 5.92 Å². The number of aliphatic carboxylic acids is 1. The van der Waals surface area contributed by atoms with Crippen LogP contribution in [0.25, 0.3) is 0 Å². The van der Waals surface area contributed by atoms with Gasteiger partial charge in [-0.3, -0.25) is 4.79 Å². The zero-order valence-electron chi connectivity index (χ0n) is 12.8. The molecule has 0 heterocycles. The monoisotopic (exact) mass is 311 g/mol. The summed E-state index contributed by atoms with van der Waals surface area (Å²) in [6, 6.07) is 7.07. The van der Waals surface area contributed by atoms with Gasteiger partial charge in [-0.25, -0.2) is 4.79 Å². The summed E-state index contributed by atoms with van der Waals surface area (Å²) in [6.07, 6.45) is 0.319. The van der Waals surface area contributed by atoms with Crippen molar-refractivity contribution in [1.82, 2.24) is 5.32 Å². The first-order valence-corrected chi connectivity index (χ1v) is 7.40. The van der Waals surface area contributed by atoms with E-state index >= 15 is 0 Å². The second-order valence-corrected chi connectivity index (χ2v) is 6.19. The van der Waals surface area contributed by atoms with Crippen LogP contribution in [0.4, 0.5) is 0 Å². The number of carbonyl (C=O) groups excluding carboxylic acids is 1. The number of nitrogens with one attached hydrogen (secondary N) is 1. The first-order valence-electron chi connectivity index (χ1n) is 7.02. The van der Waals surface area contributed by atoms with Gasteiger partial charge in [0.15, 0.2) is 0 Å². The maximum Gasteiger partial charge on any atom is 0.329 e. The molecule has 1 rings (SSSR count). The third-order valence-corrected chi connectivity index (χ3v) is 4.01. The summed E-state index contributed by atoms with van der Waals surface area (Å²) >= 11 is 5.87. The molecule has 0 aliphatic rings. The lowest BCUT2D eigenvalue weighted by molar-refractivity contribution is -0.147. The van der Waals surface area contributed by atoms with Crippen LogP contribution in [-0.4, -0.2) is 22.5 Å². The van der Waals surface area contributed by atoms with E-state index in [9.17, 15) is 14.7 Å². The third kappa shape index (κ3) is 4.21. The Morgan fingerprint density at radius 2 is 1.81 bits per heavy atom. The van der Waals surface area contributed by atoms with Crippen molar-refractivity contribution in [2.75, 3.05) is 0 Å². The fourth-order valence-electron chi connectivity index (χ4n) is 2.15. The highest BCUT2D eigenvalue weighted by Gasteiger charge is 2.36. The summed E-state index contributed by atoms with van der Waals surface area (Å²) in [4.78, 5) is 23.9. The third-order valence-electron chi connectivity index (χ3n) is 3.76. The maximum atomic E-state index is 12.5. The van der Waals surface area contributed by atoms with Gasteiger partial charge in [0.25, 0.3) is 0 Å². The highest BCUT2D eigenvalue weighted by Crippen LogP contribution is 2.27. The zero-order valence-corrected chi connectivity index (χ0v) is 13.6. The Balaban J connectivity index is 3.04. The molecule has 0 radical (unpaired) electrons. The Labute approximate surface area is 130 Å². The largest absolute Gasteiger partial charge is 0.480 e. The van der Waals surface area contributed by atoms with Gasteiger partial charge in [0.05, 0.1) is 5.92 Å². The summed E-state index contributed by atoms with van der Waals surface area (Å²) in [5.74, 6) is -1.68. The second-order valence-electron chi connectivity index (χ2n) is 5.75. The molecule has 0 saturated heterocycles. The predicted molar refractivity (Wildman–Crippen MR) is 83.5 cm³/mol. The molecule has 2 N–H and O–H groups in total. The summed E-state index contributed by atoms with van der Waals surface area (Å²) in [6.45, 7) is 7.12. The Bertz CT molecular complexity index is 513. The van der Waals surface area contributed by atoms with E-state index in [2.05, 4.69) is 5.32 Å². The van der Waals surface area contributed by atoms with Crippen molar-refractivity contribution in [2.24, 2.45) is 5.92 Å². The molecule has 1 aromatic rings. The molecular weight excluding hydrogens is 290 g/mol. The first-order chi connectivity index (χ1) is 9.71. The van der Waals surface area contributed by atoms with Crippen molar-refractivity contribution in [3.05, 3.63) is 34.9 Å². The molecule has 1 amide bonds. The standard InChI is InChI=1S/C16H22ClNO3/c1-5-16(4,15(20)21)18-14(19)13(10(2)3)11-6-8-12(17)9-7-11/h6-10,13H,5H2,1-4H3,(H,18,19)(H,20,21). The van der Waals surface area contributed by atoms with E-state index in [1.54, 1.807) is 31.2 Å². The van der Waals surface area contributed by atoms with Gasteiger partial charge in [-0.05, 0) is 37.0 Å². The number of carboxylic acid groups (broad SMARTS) is 1. The minimum absolute atomic E-state index is 0.0427. The van der Waals surface area contributed by atoms with Gasteiger partial charge in [0, 0.05) is 5.02 Å². The van der Waals surface area contributed by atoms with Gasteiger partial charge < -0.3 is 10.4 Å². The molecule has 0 aromatic heterocycles. The molecular formula is C16H22ClNO3. The molecule has 21 heavy (non-hydrogen) atoms. The van der Waals surface area contributed by atoms with E-state index in [0.717, 1.165) is 5.56 Å². The molecule has 5 heteroatoms. The minimum Gasteiger partial charge on any atom is -0.480 e. The first kappa shape index (κ1) is 17.5. The van der Waals surface area contributed by atoms with Crippen molar-refractivity contribution in [1.29, 1.82) is 0 Å². The molecule has 0 aliphatic heterocycles. The van der Waals surface area contributed by atoms with Gasteiger partial charge in [0.1, 0.15) is 5.54 Å². The Hall–Kier alpha value is -1.55. The summed E-state index contributed by atoms with van der Waals surface area (Å²) in [5, 5.41) is 12.5. The SMILES string of the molecule is CCC(C)(NC(=O)C(c1ccc(Cl)cc1)C(C)C)C(=O)O. The van der Waals surface area contributed by atoms with E-state index in [1.807, 2.05) is 13.8 Å². The normalized spacial score (nSPS) is 15.3. The molecule has 0 saturated carbocycles. The molecule has 0 bridgehead atoms. The average Bonchev–Trinajstić information content (AvgIpc) is 2.40. The summed E-state index contributed by atoms with van der Waals surface area (Å²) in [5.41, 5.74) is -0.424. The average molecular weight is 312 g/mol. The predicted octanol–water partition coefficient (Wildman–Crippen LogP) is 3.45. The van der Waals surface area contributed by atoms with Gasteiger partial charge >= 0.3 is 5.97 Å². The molecule has 116 valence electrons. The quantitative estimate of drug-likeness (QED) is 0.845. The van der Waals surface area contributed by atoms with Gasteiger partial charge in [0.2, 0.25) is 5.91 Å². The smallest absolute Gasteiger partial charge is 0.329 e. The van der Waals surface area contributed by atoms with Crippen LogP contribution in [0.15, 0.2) is 24.3 Å². The van der Waals surface area contributed by atoms with Crippen molar-refractivity contribution < 1.29 is 14.7 Å². The number of halogens is 1. The lowest BCUT2D eigenvalue weighted by Crippen LogP contribution is -2.53. The zero-order chi connectivity index (χ0) is 16.2. The van der Waals surface area contributed by atoms with Crippen LogP contribution >= 0.6 is 11.6 Å². The van der Waals surface area contributed by atoms with E-state index in [-0.39, 0.29) is 11.8 Å². The molecule has 4 nitrogen and oxygen atoms in total. The Morgan fingerprint density at radius 1 is 1.29 bits per heavy atom. The van der Waals surface area contributed by atoms with E-state index in [1.165, 1.54) is 6.92 Å². The van der Waals surface area contributed by atoms with Gasteiger partial charge in [-0.2, -0.15) is 0 Å². The fraction of sp³-hybridized carbons (Fsp3) is 0.500. The van der Waals surface area contributed by atoms with Crippen LogP contribution in [0.1, 0.15) is 45.6 Å². The van der Waals surface area contributed by atoms with Crippen LogP contribution in [0.2, 0.25) is 5.02 Å². The van der Waals surface area contributed by atoms with Crippen molar-refractivity contribution in [3.63, 3.8) is 0 Å². The molecule has 0 aliphatic carbocycles. The molecule has 2 atom stereocenters. The van der Waals surface area contributed by atoms with E-state index < -0.39 is 17.4 Å². The number of hydrogen-bond acceptors (Lipinski definition) is 2. The molecule has 1 aromatic carbocycles. The maximum absolute atomic E-state index is 12.5. The lowest BCUT2D eigenvalue weighted by Gasteiger charge is -2.29. The highest BCUT2D eigenvalue weighted by molar-refractivity contribution is 6.30. The topological polar surface area (TPSA) is 66.4 Å². The van der Waals surface area contributed by atoms with Crippen molar-refractivity contribution in [2.45, 2.75) is 45.6 Å². The van der Waals surface area contributed by atoms with E-state index in [0.29, 0.717) is 11.4 Å². The number of amides is 1. The summed E-state index contributed by atoms with van der Waals surface area (Å²) in [7, 11) is 0. The Kier molecular flexibility index (Phi) is 5.78. The highest BCUT2D eigenvalue weighted by atomic mass is 35.5. The fourth-order valence-corrected chi connectivity index (χ4v) is 2.28. The molecule has 0 fully saturated rings. The molecule has 0 spiro atoms. The second kappa shape index (κ2) is 6.94. The summed E-state index contributed by atoms with van der Waals surface area (Å²) < 4.78 is 0. The Morgan fingerprint density at radius 3 is 2.19 bits per heavy atom. The lowest BCUT2D eigenvalue weighted by atomic mass is 9.86. The van der Waals surface area contributed by atoms with Gasteiger partial charge in [-0.1, -0.05) is 44.5 Å². The van der Waals surface area contributed by atoms with E-state index in [4.69, 9.17) is 11.6 Å². The number of carboxylic acids is 1. The number of carbonyl (C=O) groups is 2. The van der Waals surface area contributed by atoms with Crippen molar-refractivity contribution in [3.8, 4) is 0 Å². The molecule has 2 unspecified atom stereocenters. The number of hydrogen-bond donors (Lipinski definition) is 2.